The fourth-order valence-corrected chi connectivity index (χ4v) is 2.77. The van der Waals surface area contributed by atoms with Crippen LogP contribution in [0.2, 0.25) is 0 Å². The van der Waals surface area contributed by atoms with Crippen LogP contribution >= 0.6 is 23.1 Å². The van der Waals surface area contributed by atoms with E-state index in [1.165, 1.54) is 11.3 Å². The second-order valence-corrected chi connectivity index (χ2v) is 5.41. The molecule has 0 saturated heterocycles. The van der Waals surface area contributed by atoms with Crippen molar-refractivity contribution in [1.82, 2.24) is 4.98 Å². The predicted molar refractivity (Wildman–Crippen MR) is 83.7 cm³/mol. The molecule has 1 rings (SSSR count). The van der Waals surface area contributed by atoms with E-state index in [4.69, 9.17) is 23.6 Å². The van der Waals surface area contributed by atoms with Crippen LogP contribution in [0.4, 0.5) is 5.13 Å². The summed E-state index contributed by atoms with van der Waals surface area (Å²) in [6.45, 7) is 0.338. The second kappa shape index (κ2) is 8.39. The van der Waals surface area contributed by atoms with E-state index >= 15 is 0 Å². The third-order valence-corrected chi connectivity index (χ3v) is 3.67. The van der Waals surface area contributed by atoms with E-state index in [-0.39, 0.29) is 5.96 Å². The van der Waals surface area contributed by atoms with Crippen LogP contribution in [0.1, 0.15) is 12.1 Å². The molecule has 8 heteroatoms. The molecule has 0 radical (unpaired) electrons. The average Bonchev–Trinajstić information content (AvgIpc) is 2.79. The number of amidine groups is 1. The molecule has 0 fully saturated rings. The number of rotatable bonds is 7. The van der Waals surface area contributed by atoms with Crippen molar-refractivity contribution in [2.75, 3.05) is 12.3 Å². The minimum Gasteiger partial charge on any atom is -0.387 e. The largest absolute Gasteiger partial charge is 0.387 e. The summed E-state index contributed by atoms with van der Waals surface area (Å²) in [6, 6.07) is 0. The molecule has 0 atom stereocenters. The SMILES string of the molecule is C#CCN=C(N)CCSCc1csc(N=C(N)N)n1. The molecule has 102 valence electrons. The molecule has 0 aliphatic carbocycles. The van der Waals surface area contributed by atoms with E-state index in [1.807, 2.05) is 5.38 Å². The van der Waals surface area contributed by atoms with Gasteiger partial charge in [0.25, 0.3) is 0 Å². The minimum atomic E-state index is 0.0195. The molecular weight excluding hydrogens is 280 g/mol. The quantitative estimate of drug-likeness (QED) is 0.296. The van der Waals surface area contributed by atoms with E-state index < -0.39 is 0 Å². The van der Waals surface area contributed by atoms with Crippen LogP contribution in [0, 0.1) is 12.3 Å². The molecule has 1 aromatic heterocycles. The highest BCUT2D eigenvalue weighted by atomic mass is 32.2. The summed E-state index contributed by atoms with van der Waals surface area (Å²) in [5, 5.41) is 2.51. The molecule has 19 heavy (non-hydrogen) atoms. The zero-order valence-electron chi connectivity index (χ0n) is 10.4. The highest BCUT2D eigenvalue weighted by Crippen LogP contribution is 2.21. The van der Waals surface area contributed by atoms with Crippen molar-refractivity contribution in [2.45, 2.75) is 12.2 Å². The maximum atomic E-state index is 5.68. The van der Waals surface area contributed by atoms with Crippen LogP contribution in [0.15, 0.2) is 15.4 Å². The van der Waals surface area contributed by atoms with Crippen LogP contribution in [0.5, 0.6) is 0 Å². The van der Waals surface area contributed by atoms with E-state index in [2.05, 4.69) is 20.9 Å². The second-order valence-electron chi connectivity index (χ2n) is 3.47. The first-order valence-corrected chi connectivity index (χ1v) is 7.49. The molecule has 6 nitrogen and oxygen atoms in total. The first-order valence-electron chi connectivity index (χ1n) is 5.46. The Labute approximate surface area is 120 Å². The van der Waals surface area contributed by atoms with Crippen molar-refractivity contribution in [1.29, 1.82) is 0 Å². The number of hydrogen-bond donors (Lipinski definition) is 3. The fourth-order valence-electron chi connectivity index (χ4n) is 1.10. The summed E-state index contributed by atoms with van der Waals surface area (Å²) in [6.07, 6.45) is 5.81. The molecular formula is C11H16N6S2. The van der Waals surface area contributed by atoms with Gasteiger partial charge in [0, 0.05) is 23.3 Å². The van der Waals surface area contributed by atoms with Gasteiger partial charge in [-0.3, -0.25) is 4.99 Å². The highest BCUT2D eigenvalue weighted by Gasteiger charge is 2.02. The number of guanidine groups is 1. The van der Waals surface area contributed by atoms with Gasteiger partial charge in [0.15, 0.2) is 5.96 Å². The van der Waals surface area contributed by atoms with Gasteiger partial charge in [0.1, 0.15) is 6.54 Å². The molecule has 0 aliphatic rings. The van der Waals surface area contributed by atoms with E-state index in [0.29, 0.717) is 17.5 Å². The maximum absolute atomic E-state index is 5.68. The standard InChI is InChI=1S/C11H16N6S2/c1-2-4-15-9(12)3-5-18-6-8-7-19-11(16-8)17-10(13)14/h1,7H,3-6H2,(H2,12,15)(H4,13,14,16,17). The van der Waals surface area contributed by atoms with Crippen molar-refractivity contribution in [2.24, 2.45) is 27.2 Å². The maximum Gasteiger partial charge on any atom is 0.212 e. The Balaban J connectivity index is 2.28. The Hall–Kier alpha value is -1.72. The number of hydrogen-bond acceptors (Lipinski definition) is 5. The van der Waals surface area contributed by atoms with Gasteiger partial charge in [0.2, 0.25) is 5.13 Å². The van der Waals surface area contributed by atoms with Crippen LogP contribution in [-0.4, -0.2) is 29.1 Å². The Kier molecular flexibility index (Phi) is 6.78. The van der Waals surface area contributed by atoms with Gasteiger partial charge in [-0.2, -0.15) is 16.8 Å². The summed E-state index contributed by atoms with van der Waals surface area (Å²) in [4.78, 5) is 12.2. The molecule has 0 aromatic carbocycles. The van der Waals surface area contributed by atoms with E-state index in [1.54, 1.807) is 11.8 Å². The monoisotopic (exact) mass is 296 g/mol. The zero-order valence-corrected chi connectivity index (χ0v) is 12.0. The summed E-state index contributed by atoms with van der Waals surface area (Å²) in [5.41, 5.74) is 17.2. The van der Waals surface area contributed by atoms with Crippen molar-refractivity contribution < 1.29 is 0 Å². The predicted octanol–water partition coefficient (Wildman–Crippen LogP) is 0.662. The molecule has 6 N–H and O–H groups in total. The van der Waals surface area contributed by atoms with Gasteiger partial charge in [-0.25, -0.2) is 4.98 Å². The lowest BCUT2D eigenvalue weighted by atomic mass is 10.4. The summed E-state index contributed by atoms with van der Waals surface area (Å²) in [7, 11) is 0. The third kappa shape index (κ3) is 6.69. The van der Waals surface area contributed by atoms with E-state index in [9.17, 15) is 0 Å². The lowest BCUT2D eigenvalue weighted by molar-refractivity contribution is 1.17. The number of nitrogens with zero attached hydrogens (tertiary/aromatic N) is 3. The lowest BCUT2D eigenvalue weighted by Crippen LogP contribution is -2.21. The molecule has 0 bridgehead atoms. The number of aliphatic imine (C=N–C) groups is 2. The van der Waals surface area contributed by atoms with Crippen molar-refractivity contribution in [3.63, 3.8) is 0 Å². The normalized spacial score (nSPS) is 11.0. The summed E-state index contributed by atoms with van der Waals surface area (Å²) >= 11 is 3.13. The molecule has 0 unspecified atom stereocenters. The first-order chi connectivity index (χ1) is 9.11. The Morgan fingerprint density at radius 3 is 2.95 bits per heavy atom. The Bertz CT molecular complexity index is 496. The fraction of sp³-hybridized carbons (Fsp3) is 0.364. The van der Waals surface area contributed by atoms with Crippen molar-refractivity contribution in [3.8, 4) is 12.3 Å². The smallest absolute Gasteiger partial charge is 0.212 e. The number of terminal acetylenes is 1. The lowest BCUT2D eigenvalue weighted by Gasteiger charge is -1.99. The topological polar surface area (TPSA) is 116 Å². The number of thioether (sulfide) groups is 1. The van der Waals surface area contributed by atoms with Gasteiger partial charge >= 0.3 is 0 Å². The summed E-state index contributed by atoms with van der Waals surface area (Å²) in [5.74, 6) is 4.69. The van der Waals surface area contributed by atoms with Crippen LogP contribution < -0.4 is 17.2 Å². The number of thiazole rings is 1. The zero-order chi connectivity index (χ0) is 14.1. The van der Waals surface area contributed by atoms with Gasteiger partial charge in [-0.15, -0.1) is 17.8 Å². The minimum absolute atomic E-state index is 0.0195. The van der Waals surface area contributed by atoms with Gasteiger partial charge in [-0.1, -0.05) is 5.92 Å². The van der Waals surface area contributed by atoms with Gasteiger partial charge in [0.05, 0.1) is 11.5 Å². The van der Waals surface area contributed by atoms with Crippen molar-refractivity contribution in [3.05, 3.63) is 11.1 Å². The Morgan fingerprint density at radius 2 is 2.26 bits per heavy atom. The molecule has 0 amide bonds. The number of aromatic nitrogens is 1. The third-order valence-electron chi connectivity index (χ3n) is 1.89. The molecule has 0 saturated carbocycles. The Morgan fingerprint density at radius 1 is 1.47 bits per heavy atom. The average molecular weight is 296 g/mol. The van der Waals surface area contributed by atoms with Gasteiger partial charge < -0.3 is 17.2 Å². The molecule has 0 aliphatic heterocycles. The van der Waals surface area contributed by atoms with Crippen LogP contribution in [-0.2, 0) is 5.75 Å². The van der Waals surface area contributed by atoms with Crippen LogP contribution in [0.3, 0.4) is 0 Å². The number of nitrogens with two attached hydrogens (primary N) is 3. The molecule has 1 aromatic rings. The van der Waals surface area contributed by atoms with Crippen LogP contribution in [0.25, 0.3) is 0 Å². The molecule has 0 spiro atoms. The van der Waals surface area contributed by atoms with E-state index in [0.717, 1.165) is 23.6 Å². The van der Waals surface area contributed by atoms with Gasteiger partial charge in [-0.05, 0) is 0 Å². The molecule has 1 heterocycles. The first kappa shape index (κ1) is 15.3. The summed E-state index contributed by atoms with van der Waals surface area (Å²) < 4.78 is 0. The highest BCUT2D eigenvalue weighted by molar-refractivity contribution is 7.98. The van der Waals surface area contributed by atoms with Crippen molar-refractivity contribution >= 4 is 40.0 Å².